The van der Waals surface area contributed by atoms with Crippen molar-refractivity contribution in [1.29, 1.82) is 0 Å². The van der Waals surface area contributed by atoms with Crippen LogP contribution in [0.4, 0.5) is 0 Å². The molecule has 1 nitrogen and oxygen atoms in total. The highest BCUT2D eigenvalue weighted by atomic mass is 14.6. The largest absolute Gasteiger partial charge is 0.265 e. The van der Waals surface area contributed by atoms with Crippen LogP contribution < -0.4 is 0 Å². The fourth-order valence-corrected chi connectivity index (χ4v) is 1.32. The first-order valence-corrected chi connectivity index (χ1v) is 5.40. The van der Waals surface area contributed by atoms with Gasteiger partial charge in [0.2, 0.25) is 0 Å². The van der Waals surface area contributed by atoms with Gasteiger partial charge in [-0.2, -0.15) is 0 Å². The SMILES string of the molecule is C1=CCC=CC(c2ccncc2)=C1.CC. The zero-order chi connectivity index (χ0) is 10.9. The smallest absolute Gasteiger partial charge is 0.0273 e. The molecule has 15 heavy (non-hydrogen) atoms. The summed E-state index contributed by atoms with van der Waals surface area (Å²) in [5.41, 5.74) is 2.47. The van der Waals surface area contributed by atoms with Gasteiger partial charge in [0.15, 0.2) is 0 Å². The number of hydrogen-bond donors (Lipinski definition) is 0. The summed E-state index contributed by atoms with van der Waals surface area (Å²) in [6, 6.07) is 4.05. The lowest BCUT2D eigenvalue weighted by Gasteiger charge is -1.98. The van der Waals surface area contributed by atoms with Crippen molar-refractivity contribution in [2.75, 3.05) is 0 Å². The summed E-state index contributed by atoms with van der Waals surface area (Å²) >= 11 is 0. The molecule has 0 bridgehead atoms. The van der Waals surface area contributed by atoms with Gasteiger partial charge in [0.25, 0.3) is 0 Å². The lowest BCUT2D eigenvalue weighted by molar-refractivity contribution is 1.32. The molecular weight excluding hydrogens is 182 g/mol. The first-order valence-electron chi connectivity index (χ1n) is 5.40. The van der Waals surface area contributed by atoms with Gasteiger partial charge in [0.1, 0.15) is 0 Å². The van der Waals surface area contributed by atoms with Crippen LogP contribution in [0.25, 0.3) is 5.57 Å². The normalized spacial score (nSPS) is 13.6. The maximum atomic E-state index is 3.99. The molecule has 0 unspecified atom stereocenters. The van der Waals surface area contributed by atoms with E-state index in [0.29, 0.717) is 0 Å². The van der Waals surface area contributed by atoms with E-state index < -0.39 is 0 Å². The predicted octanol–water partition coefficient (Wildman–Crippen LogP) is 4.01. The molecule has 0 spiro atoms. The van der Waals surface area contributed by atoms with Crippen molar-refractivity contribution in [2.24, 2.45) is 0 Å². The van der Waals surface area contributed by atoms with E-state index in [9.17, 15) is 0 Å². The van der Waals surface area contributed by atoms with Gasteiger partial charge in [0.05, 0.1) is 0 Å². The van der Waals surface area contributed by atoms with Crippen molar-refractivity contribution < 1.29 is 0 Å². The zero-order valence-corrected chi connectivity index (χ0v) is 9.35. The summed E-state index contributed by atoms with van der Waals surface area (Å²) in [6.07, 6.45) is 15.3. The molecule has 1 aromatic rings. The fraction of sp³-hybridized carbons (Fsp3) is 0.214. The molecule has 78 valence electrons. The van der Waals surface area contributed by atoms with Crippen LogP contribution in [-0.2, 0) is 0 Å². The lowest BCUT2D eigenvalue weighted by Crippen LogP contribution is -1.79. The van der Waals surface area contributed by atoms with Crippen molar-refractivity contribution in [3.05, 3.63) is 60.5 Å². The van der Waals surface area contributed by atoms with Crippen LogP contribution in [-0.4, -0.2) is 4.98 Å². The third-order valence-electron chi connectivity index (χ3n) is 2.00. The van der Waals surface area contributed by atoms with E-state index in [2.05, 4.69) is 35.4 Å². The minimum atomic E-state index is 1.02. The number of rotatable bonds is 1. The molecule has 1 aliphatic rings. The molecule has 0 aliphatic heterocycles. The van der Waals surface area contributed by atoms with Crippen LogP contribution in [0.15, 0.2) is 54.9 Å². The number of aromatic nitrogens is 1. The third-order valence-corrected chi connectivity index (χ3v) is 2.00. The van der Waals surface area contributed by atoms with Crippen LogP contribution in [0, 0.1) is 0 Å². The quantitative estimate of drug-likeness (QED) is 0.666. The van der Waals surface area contributed by atoms with Crippen LogP contribution >= 0.6 is 0 Å². The Morgan fingerprint density at radius 1 is 1.07 bits per heavy atom. The lowest BCUT2D eigenvalue weighted by atomic mass is 10.1. The van der Waals surface area contributed by atoms with Gasteiger partial charge in [-0.05, 0) is 29.7 Å². The highest BCUT2D eigenvalue weighted by Crippen LogP contribution is 2.16. The molecule has 0 saturated carbocycles. The van der Waals surface area contributed by atoms with Crippen molar-refractivity contribution >= 4 is 5.57 Å². The molecule has 0 fully saturated rings. The van der Waals surface area contributed by atoms with Gasteiger partial charge in [0, 0.05) is 12.4 Å². The first kappa shape index (κ1) is 11.4. The molecular formula is C14H17N. The molecule has 2 rings (SSSR count). The molecule has 0 atom stereocenters. The van der Waals surface area contributed by atoms with E-state index in [1.807, 2.05) is 38.4 Å². The summed E-state index contributed by atoms with van der Waals surface area (Å²) < 4.78 is 0. The molecule has 0 saturated heterocycles. The van der Waals surface area contributed by atoms with Gasteiger partial charge in [-0.1, -0.05) is 44.2 Å². The molecule has 1 aliphatic carbocycles. The van der Waals surface area contributed by atoms with E-state index >= 15 is 0 Å². The van der Waals surface area contributed by atoms with Crippen molar-refractivity contribution in [1.82, 2.24) is 4.98 Å². The third kappa shape index (κ3) is 3.55. The molecule has 0 radical (unpaired) electrons. The summed E-state index contributed by atoms with van der Waals surface area (Å²) in [7, 11) is 0. The second kappa shape index (κ2) is 6.77. The Morgan fingerprint density at radius 3 is 2.53 bits per heavy atom. The summed E-state index contributed by atoms with van der Waals surface area (Å²) in [5, 5.41) is 0. The average Bonchev–Trinajstić information content (AvgIpc) is 2.61. The zero-order valence-electron chi connectivity index (χ0n) is 9.35. The number of nitrogens with zero attached hydrogens (tertiary/aromatic N) is 1. The number of allylic oxidation sites excluding steroid dienone is 6. The second-order valence-corrected chi connectivity index (χ2v) is 2.92. The highest BCUT2D eigenvalue weighted by molar-refractivity contribution is 5.75. The Bertz CT molecular complexity index is 358. The minimum absolute atomic E-state index is 1.02. The fourth-order valence-electron chi connectivity index (χ4n) is 1.32. The van der Waals surface area contributed by atoms with Crippen LogP contribution in [0.1, 0.15) is 25.8 Å². The van der Waals surface area contributed by atoms with Crippen molar-refractivity contribution in [3.63, 3.8) is 0 Å². The molecule has 1 heterocycles. The molecule has 1 aromatic heterocycles. The maximum Gasteiger partial charge on any atom is 0.0273 e. The van der Waals surface area contributed by atoms with E-state index in [1.165, 1.54) is 11.1 Å². The van der Waals surface area contributed by atoms with Crippen molar-refractivity contribution in [3.8, 4) is 0 Å². The van der Waals surface area contributed by atoms with Crippen molar-refractivity contribution in [2.45, 2.75) is 20.3 Å². The molecule has 0 amide bonds. The number of hydrogen-bond acceptors (Lipinski definition) is 1. The monoisotopic (exact) mass is 199 g/mol. The molecule has 0 N–H and O–H groups in total. The van der Waals surface area contributed by atoms with E-state index in [4.69, 9.17) is 0 Å². The standard InChI is InChI=1S/C12H11N.C2H6/c1-2-4-6-11(5-3-1)12-7-9-13-10-8-12;1-2/h1,3-10H,2H2;1-2H3. The second-order valence-electron chi connectivity index (χ2n) is 2.92. The van der Waals surface area contributed by atoms with Gasteiger partial charge in [-0.25, -0.2) is 0 Å². The molecule has 0 aromatic carbocycles. The van der Waals surface area contributed by atoms with E-state index in [0.717, 1.165) is 6.42 Å². The predicted molar refractivity (Wildman–Crippen MR) is 66.5 cm³/mol. The summed E-state index contributed by atoms with van der Waals surface area (Å²) in [5.74, 6) is 0. The Morgan fingerprint density at radius 2 is 1.80 bits per heavy atom. The van der Waals surface area contributed by atoms with Gasteiger partial charge in [-0.3, -0.25) is 4.98 Å². The van der Waals surface area contributed by atoms with Gasteiger partial charge in [-0.15, -0.1) is 0 Å². The topological polar surface area (TPSA) is 12.9 Å². The van der Waals surface area contributed by atoms with Crippen LogP contribution in [0.2, 0.25) is 0 Å². The minimum Gasteiger partial charge on any atom is -0.265 e. The van der Waals surface area contributed by atoms with Crippen LogP contribution in [0.5, 0.6) is 0 Å². The Balaban J connectivity index is 0.000000531. The number of pyridine rings is 1. The average molecular weight is 199 g/mol. The first-order chi connectivity index (χ1) is 7.47. The van der Waals surface area contributed by atoms with E-state index in [-0.39, 0.29) is 0 Å². The van der Waals surface area contributed by atoms with E-state index in [1.54, 1.807) is 0 Å². The summed E-state index contributed by atoms with van der Waals surface area (Å²) in [4.78, 5) is 3.99. The Kier molecular flexibility index (Phi) is 5.16. The van der Waals surface area contributed by atoms with Gasteiger partial charge < -0.3 is 0 Å². The summed E-state index contributed by atoms with van der Waals surface area (Å²) in [6.45, 7) is 4.00. The maximum absolute atomic E-state index is 3.99. The Labute approximate surface area is 91.9 Å². The Hall–Kier alpha value is -1.63. The highest BCUT2D eigenvalue weighted by Gasteiger charge is 1.96. The van der Waals surface area contributed by atoms with Crippen LogP contribution in [0.3, 0.4) is 0 Å². The van der Waals surface area contributed by atoms with Gasteiger partial charge >= 0.3 is 0 Å². The molecule has 1 heteroatoms.